The fourth-order valence-corrected chi connectivity index (χ4v) is 7.74. The summed E-state index contributed by atoms with van der Waals surface area (Å²) in [5.74, 6) is 2.39. The highest BCUT2D eigenvalue weighted by molar-refractivity contribution is 6.74. The number of hydrogen-bond donors (Lipinski definition) is 1. The summed E-state index contributed by atoms with van der Waals surface area (Å²) in [7, 11) is -0.0958. The van der Waals surface area contributed by atoms with Gasteiger partial charge in [0, 0.05) is 30.3 Å². The Bertz CT molecular complexity index is 1140. The van der Waals surface area contributed by atoms with Crippen LogP contribution in [-0.2, 0) is 9.22 Å². The van der Waals surface area contributed by atoms with Crippen LogP contribution in [-0.4, -0.2) is 39.1 Å². The van der Waals surface area contributed by atoms with Gasteiger partial charge >= 0.3 is 0 Å². The monoisotopic (exact) mass is 565 g/mol. The van der Waals surface area contributed by atoms with Gasteiger partial charge < -0.3 is 19.2 Å². The fraction of sp³-hybridized carbons (Fsp3) is 0.618. The Morgan fingerprint density at radius 2 is 1.65 bits per heavy atom. The first-order valence-corrected chi connectivity index (χ1v) is 18.2. The van der Waals surface area contributed by atoms with Crippen molar-refractivity contribution in [1.82, 2.24) is 0 Å². The number of anilines is 1. The first-order valence-electron chi connectivity index (χ1n) is 15.3. The maximum atomic E-state index is 14.0. The molecule has 2 fully saturated rings. The van der Waals surface area contributed by atoms with E-state index in [0.29, 0.717) is 11.8 Å². The van der Waals surface area contributed by atoms with Crippen molar-refractivity contribution < 1.29 is 19.1 Å². The topological polar surface area (TPSA) is 59.0 Å². The summed E-state index contributed by atoms with van der Waals surface area (Å²) in [6.45, 7) is 14.3. The number of benzene rings is 2. The Kier molecular flexibility index (Phi) is 9.72. The van der Waals surface area contributed by atoms with Crippen LogP contribution in [0.4, 0.5) is 5.69 Å². The molecule has 0 aromatic heterocycles. The number of rotatable bonds is 8. The van der Waals surface area contributed by atoms with E-state index in [1.807, 2.05) is 17.0 Å². The molecule has 0 aliphatic heterocycles. The normalized spacial score (nSPS) is 24.0. The summed E-state index contributed by atoms with van der Waals surface area (Å²) in [5, 5.41) is 10.4. The summed E-state index contributed by atoms with van der Waals surface area (Å²) in [6, 6.07) is 13.8. The van der Waals surface area contributed by atoms with Gasteiger partial charge in [-0.15, -0.1) is 0 Å². The van der Waals surface area contributed by atoms with Gasteiger partial charge in [0.1, 0.15) is 11.5 Å². The van der Waals surface area contributed by atoms with Crippen LogP contribution in [0.1, 0.15) is 89.2 Å². The SMILES string of the molecule is COc1ccc([C@H]2CC[C@H](CN(c3cccc(O)c3)C(=O)[C@H]3CC[C@H](O[Si](C)(C)C(C)(C)C)CC3)CC2)cc1C. The van der Waals surface area contributed by atoms with Crippen molar-refractivity contribution in [3.8, 4) is 11.5 Å². The van der Waals surface area contributed by atoms with E-state index in [2.05, 4.69) is 59.0 Å². The van der Waals surface area contributed by atoms with Crippen LogP contribution in [0.15, 0.2) is 42.5 Å². The highest BCUT2D eigenvalue weighted by Crippen LogP contribution is 2.41. The van der Waals surface area contributed by atoms with Gasteiger partial charge in [0.05, 0.1) is 7.11 Å². The number of amides is 1. The molecule has 1 amide bonds. The highest BCUT2D eigenvalue weighted by atomic mass is 28.4. The van der Waals surface area contributed by atoms with Gasteiger partial charge in [0.15, 0.2) is 8.32 Å². The van der Waals surface area contributed by atoms with E-state index in [1.54, 1.807) is 19.2 Å². The number of carbonyl (C=O) groups is 1. The zero-order chi connectivity index (χ0) is 29.1. The van der Waals surface area contributed by atoms with Crippen molar-refractivity contribution in [1.29, 1.82) is 0 Å². The molecule has 2 aromatic carbocycles. The fourth-order valence-electron chi connectivity index (χ4n) is 6.32. The van der Waals surface area contributed by atoms with Crippen LogP contribution in [0.5, 0.6) is 11.5 Å². The van der Waals surface area contributed by atoms with Crippen molar-refractivity contribution in [3.63, 3.8) is 0 Å². The molecule has 5 nitrogen and oxygen atoms in total. The van der Waals surface area contributed by atoms with E-state index < -0.39 is 8.32 Å². The Balaban J connectivity index is 1.40. The molecule has 0 spiro atoms. The lowest BCUT2D eigenvalue weighted by molar-refractivity contribution is -0.124. The van der Waals surface area contributed by atoms with Gasteiger partial charge in [0.2, 0.25) is 5.91 Å². The van der Waals surface area contributed by atoms with Crippen molar-refractivity contribution >= 4 is 19.9 Å². The zero-order valence-electron chi connectivity index (χ0n) is 25.8. The first kappa shape index (κ1) is 30.6. The van der Waals surface area contributed by atoms with Crippen molar-refractivity contribution in [2.24, 2.45) is 11.8 Å². The second-order valence-corrected chi connectivity index (χ2v) is 18.5. The van der Waals surface area contributed by atoms with Crippen LogP contribution >= 0.6 is 0 Å². The number of aryl methyl sites for hydroxylation is 1. The Morgan fingerprint density at radius 1 is 0.975 bits per heavy atom. The van der Waals surface area contributed by atoms with Gasteiger partial charge in [-0.05, 0) is 118 Å². The number of hydrogen-bond acceptors (Lipinski definition) is 4. The van der Waals surface area contributed by atoms with Crippen molar-refractivity contribution in [2.75, 3.05) is 18.6 Å². The molecular weight excluding hydrogens is 514 g/mol. The van der Waals surface area contributed by atoms with Crippen LogP contribution in [0.2, 0.25) is 18.1 Å². The molecule has 40 heavy (non-hydrogen) atoms. The Hall–Kier alpha value is -2.31. The summed E-state index contributed by atoms with van der Waals surface area (Å²) >= 11 is 0. The van der Waals surface area contributed by atoms with Gasteiger partial charge in [-0.3, -0.25) is 4.79 Å². The lowest BCUT2D eigenvalue weighted by Gasteiger charge is -2.41. The van der Waals surface area contributed by atoms with Crippen LogP contribution in [0.3, 0.4) is 0 Å². The molecule has 0 saturated heterocycles. The zero-order valence-corrected chi connectivity index (χ0v) is 26.8. The summed E-state index contributed by atoms with van der Waals surface area (Å²) in [5.41, 5.74) is 3.40. The molecule has 2 saturated carbocycles. The lowest BCUT2D eigenvalue weighted by Crippen LogP contribution is -2.46. The molecule has 0 bridgehead atoms. The Morgan fingerprint density at radius 3 is 2.23 bits per heavy atom. The van der Waals surface area contributed by atoms with Crippen molar-refractivity contribution in [3.05, 3.63) is 53.6 Å². The maximum Gasteiger partial charge on any atom is 0.230 e. The van der Waals surface area contributed by atoms with E-state index in [9.17, 15) is 9.90 Å². The minimum absolute atomic E-state index is 0.0141. The van der Waals surface area contributed by atoms with E-state index in [0.717, 1.165) is 69.3 Å². The molecule has 0 radical (unpaired) electrons. The van der Waals surface area contributed by atoms with Gasteiger partial charge in [0.25, 0.3) is 0 Å². The number of methoxy groups -OCH3 is 1. The van der Waals surface area contributed by atoms with Crippen LogP contribution in [0, 0.1) is 18.8 Å². The number of phenols is 1. The molecule has 2 aliphatic carbocycles. The minimum atomic E-state index is -1.82. The van der Waals surface area contributed by atoms with Gasteiger partial charge in [-0.25, -0.2) is 0 Å². The number of aromatic hydroxyl groups is 1. The largest absolute Gasteiger partial charge is 0.508 e. The second kappa shape index (κ2) is 12.7. The quantitative estimate of drug-likeness (QED) is 0.326. The number of nitrogens with zero attached hydrogens (tertiary/aromatic N) is 1. The van der Waals surface area contributed by atoms with E-state index in [1.165, 1.54) is 11.1 Å². The molecule has 2 aliphatic rings. The van der Waals surface area contributed by atoms with E-state index in [4.69, 9.17) is 9.16 Å². The summed E-state index contributed by atoms with van der Waals surface area (Å²) < 4.78 is 12.1. The van der Waals surface area contributed by atoms with Crippen LogP contribution < -0.4 is 9.64 Å². The van der Waals surface area contributed by atoms with Gasteiger partial charge in [-0.1, -0.05) is 39.0 Å². The third-order valence-electron chi connectivity index (χ3n) is 9.88. The van der Waals surface area contributed by atoms with Crippen molar-refractivity contribution in [2.45, 2.75) is 109 Å². The maximum absolute atomic E-state index is 14.0. The summed E-state index contributed by atoms with van der Waals surface area (Å²) in [6.07, 6.45) is 8.37. The first-order chi connectivity index (χ1) is 18.9. The number of ether oxygens (including phenoxy) is 1. The third kappa shape index (κ3) is 7.30. The summed E-state index contributed by atoms with van der Waals surface area (Å²) in [4.78, 5) is 16.0. The minimum Gasteiger partial charge on any atom is -0.508 e. The number of carbonyl (C=O) groups excluding carboxylic acids is 1. The highest BCUT2D eigenvalue weighted by Gasteiger charge is 2.41. The molecule has 0 unspecified atom stereocenters. The molecule has 6 heteroatoms. The molecular formula is C34H51NO4Si. The smallest absolute Gasteiger partial charge is 0.230 e. The average Bonchev–Trinajstić information content (AvgIpc) is 2.91. The molecule has 1 N–H and O–H groups in total. The molecule has 2 aromatic rings. The van der Waals surface area contributed by atoms with E-state index in [-0.39, 0.29) is 28.7 Å². The number of phenolic OH excluding ortho intramolecular Hbond substituents is 1. The molecule has 220 valence electrons. The predicted molar refractivity (Wildman–Crippen MR) is 167 cm³/mol. The lowest BCUT2D eigenvalue weighted by atomic mass is 9.78. The predicted octanol–water partition coefficient (Wildman–Crippen LogP) is 8.60. The standard InChI is InChI=1S/C34H51NO4Si/c1-24-21-28(17-20-32(24)38-5)26-13-11-25(12-14-26)23-35(29-9-8-10-30(36)22-29)33(37)27-15-18-31(19-16-27)39-40(6,7)34(2,3)4/h8-10,17,20-22,25-27,31,36H,11-16,18-19,23H2,1-7H3/t25-,26-,27-,31-. The van der Waals surface area contributed by atoms with Gasteiger partial charge in [-0.2, -0.15) is 0 Å². The van der Waals surface area contributed by atoms with E-state index >= 15 is 0 Å². The van der Waals surface area contributed by atoms with Crippen LogP contribution in [0.25, 0.3) is 0 Å². The second-order valence-electron chi connectivity index (χ2n) is 13.8. The molecule has 0 heterocycles. The molecule has 4 rings (SSSR count). The molecule has 0 atom stereocenters. The average molecular weight is 566 g/mol. The third-order valence-corrected chi connectivity index (χ3v) is 14.4. The Labute approximate surface area is 243 Å².